The first-order valence-corrected chi connectivity index (χ1v) is 6.23. The van der Waals surface area contributed by atoms with Crippen molar-refractivity contribution in [3.05, 3.63) is 0 Å². The summed E-state index contributed by atoms with van der Waals surface area (Å²) in [4.78, 5) is 24.9. The van der Waals surface area contributed by atoms with Crippen LogP contribution in [0.2, 0.25) is 0 Å². The fourth-order valence-electron chi connectivity index (χ4n) is 2.43. The Kier molecular flexibility index (Phi) is 4.17. The molecule has 0 spiro atoms. The summed E-state index contributed by atoms with van der Waals surface area (Å²) in [5, 5.41) is 9.02. The summed E-state index contributed by atoms with van der Waals surface area (Å²) >= 11 is 0. The molecule has 0 saturated carbocycles. The van der Waals surface area contributed by atoms with E-state index in [4.69, 9.17) is 5.11 Å². The van der Waals surface area contributed by atoms with E-state index in [1.165, 1.54) is 0 Å². The van der Waals surface area contributed by atoms with Gasteiger partial charge in [0.1, 0.15) is 0 Å². The van der Waals surface area contributed by atoms with Crippen molar-refractivity contribution in [2.75, 3.05) is 13.1 Å². The van der Waals surface area contributed by atoms with Crippen molar-refractivity contribution in [3.8, 4) is 0 Å². The second-order valence-electron chi connectivity index (χ2n) is 6.11. The number of amides is 1. The maximum atomic E-state index is 12.1. The monoisotopic (exact) mass is 241 g/mol. The van der Waals surface area contributed by atoms with Crippen molar-refractivity contribution in [1.82, 2.24) is 4.90 Å². The molecular formula is C13H23NO3. The van der Waals surface area contributed by atoms with E-state index < -0.39 is 11.4 Å². The van der Waals surface area contributed by atoms with Crippen molar-refractivity contribution >= 4 is 11.9 Å². The van der Waals surface area contributed by atoms with E-state index in [9.17, 15) is 9.59 Å². The van der Waals surface area contributed by atoms with Gasteiger partial charge in [-0.05, 0) is 32.1 Å². The zero-order valence-electron chi connectivity index (χ0n) is 11.2. The van der Waals surface area contributed by atoms with Crippen LogP contribution in [0.5, 0.6) is 0 Å². The third kappa shape index (κ3) is 3.72. The van der Waals surface area contributed by atoms with Crippen LogP contribution < -0.4 is 0 Å². The molecule has 1 heterocycles. The SMILES string of the molecule is CC1CC(C)CN(C(=O)CC(C)(C)C(=O)O)C1. The van der Waals surface area contributed by atoms with Crippen LogP contribution in [0.25, 0.3) is 0 Å². The highest BCUT2D eigenvalue weighted by Gasteiger charge is 2.34. The Morgan fingerprint density at radius 1 is 1.24 bits per heavy atom. The van der Waals surface area contributed by atoms with Gasteiger partial charge in [-0.1, -0.05) is 13.8 Å². The minimum atomic E-state index is -0.971. The molecule has 0 aromatic carbocycles. The standard InChI is InChI=1S/C13H23NO3/c1-9-5-10(2)8-14(7-9)11(15)6-13(3,4)12(16)17/h9-10H,5-8H2,1-4H3,(H,16,17). The quantitative estimate of drug-likeness (QED) is 0.822. The molecule has 1 aliphatic rings. The Morgan fingerprint density at radius 2 is 1.71 bits per heavy atom. The van der Waals surface area contributed by atoms with Crippen LogP contribution in [0, 0.1) is 17.3 Å². The van der Waals surface area contributed by atoms with E-state index in [1.54, 1.807) is 13.8 Å². The second kappa shape index (κ2) is 5.07. The molecule has 0 radical (unpaired) electrons. The lowest BCUT2D eigenvalue weighted by Crippen LogP contribution is -2.44. The lowest BCUT2D eigenvalue weighted by molar-refractivity contribution is -0.152. The van der Waals surface area contributed by atoms with E-state index in [2.05, 4.69) is 13.8 Å². The molecule has 4 heteroatoms. The van der Waals surface area contributed by atoms with E-state index in [0.29, 0.717) is 11.8 Å². The van der Waals surface area contributed by atoms with Crippen LogP contribution in [0.4, 0.5) is 0 Å². The predicted molar refractivity (Wildman–Crippen MR) is 65.6 cm³/mol. The van der Waals surface area contributed by atoms with E-state index in [1.807, 2.05) is 4.90 Å². The minimum Gasteiger partial charge on any atom is -0.481 e. The van der Waals surface area contributed by atoms with Gasteiger partial charge in [0.2, 0.25) is 5.91 Å². The second-order valence-corrected chi connectivity index (χ2v) is 6.11. The van der Waals surface area contributed by atoms with Crippen LogP contribution in [0.3, 0.4) is 0 Å². The number of rotatable bonds is 3. The predicted octanol–water partition coefficient (Wildman–Crippen LogP) is 1.99. The van der Waals surface area contributed by atoms with Gasteiger partial charge in [0.25, 0.3) is 0 Å². The summed E-state index contributed by atoms with van der Waals surface area (Å²) in [6, 6.07) is 0. The molecule has 0 aliphatic carbocycles. The number of nitrogens with zero attached hydrogens (tertiary/aromatic N) is 1. The first kappa shape index (κ1) is 14.0. The van der Waals surface area contributed by atoms with Gasteiger partial charge >= 0.3 is 5.97 Å². The molecule has 1 fully saturated rings. The Hall–Kier alpha value is -1.06. The highest BCUT2D eigenvalue weighted by Crippen LogP contribution is 2.26. The zero-order valence-corrected chi connectivity index (χ0v) is 11.2. The van der Waals surface area contributed by atoms with Crippen LogP contribution >= 0.6 is 0 Å². The van der Waals surface area contributed by atoms with Crippen molar-refractivity contribution in [2.24, 2.45) is 17.3 Å². The zero-order chi connectivity index (χ0) is 13.2. The molecule has 0 aromatic heterocycles. The van der Waals surface area contributed by atoms with Crippen LogP contribution in [0.15, 0.2) is 0 Å². The first-order chi connectivity index (χ1) is 7.72. The van der Waals surface area contributed by atoms with Gasteiger partial charge in [-0.15, -0.1) is 0 Å². The van der Waals surface area contributed by atoms with Crippen molar-refractivity contribution < 1.29 is 14.7 Å². The van der Waals surface area contributed by atoms with E-state index in [-0.39, 0.29) is 12.3 Å². The first-order valence-electron chi connectivity index (χ1n) is 6.23. The van der Waals surface area contributed by atoms with Crippen LogP contribution in [-0.2, 0) is 9.59 Å². The van der Waals surface area contributed by atoms with Crippen molar-refractivity contribution in [1.29, 1.82) is 0 Å². The molecule has 2 atom stereocenters. The number of carboxylic acids is 1. The molecule has 0 aromatic rings. The minimum absolute atomic E-state index is 0.0317. The molecule has 98 valence electrons. The molecule has 1 rings (SSSR count). The number of hydrogen-bond donors (Lipinski definition) is 1. The lowest BCUT2D eigenvalue weighted by Gasteiger charge is -2.36. The smallest absolute Gasteiger partial charge is 0.309 e. The Labute approximate surface area is 103 Å². The van der Waals surface area contributed by atoms with Gasteiger partial charge in [-0.25, -0.2) is 0 Å². The number of likely N-dealkylation sites (tertiary alicyclic amines) is 1. The number of carbonyl (C=O) groups excluding carboxylic acids is 1. The average Bonchev–Trinajstić information content (AvgIpc) is 2.15. The molecule has 1 aliphatic heterocycles. The Balaban J connectivity index is 2.61. The number of carboxylic acid groups (broad SMARTS) is 1. The summed E-state index contributed by atoms with van der Waals surface area (Å²) < 4.78 is 0. The summed E-state index contributed by atoms with van der Waals surface area (Å²) in [7, 11) is 0. The largest absolute Gasteiger partial charge is 0.481 e. The van der Waals surface area contributed by atoms with Gasteiger partial charge in [0.15, 0.2) is 0 Å². The highest BCUT2D eigenvalue weighted by molar-refractivity contribution is 5.84. The molecule has 4 nitrogen and oxygen atoms in total. The molecule has 17 heavy (non-hydrogen) atoms. The van der Waals surface area contributed by atoms with E-state index >= 15 is 0 Å². The van der Waals surface area contributed by atoms with Gasteiger partial charge in [-0.3, -0.25) is 9.59 Å². The number of carbonyl (C=O) groups is 2. The fraction of sp³-hybridized carbons (Fsp3) is 0.846. The summed E-state index contributed by atoms with van der Waals surface area (Å²) in [6.45, 7) is 9.00. The van der Waals surface area contributed by atoms with Gasteiger partial charge in [0, 0.05) is 19.5 Å². The Morgan fingerprint density at radius 3 is 2.12 bits per heavy atom. The maximum Gasteiger partial charge on any atom is 0.309 e. The highest BCUT2D eigenvalue weighted by atomic mass is 16.4. The number of aliphatic carboxylic acids is 1. The van der Waals surface area contributed by atoms with Crippen molar-refractivity contribution in [2.45, 2.75) is 40.5 Å². The molecular weight excluding hydrogens is 218 g/mol. The molecule has 1 amide bonds. The van der Waals surface area contributed by atoms with Gasteiger partial charge in [-0.2, -0.15) is 0 Å². The normalized spacial score (nSPS) is 25.8. The molecule has 1 N–H and O–H groups in total. The van der Waals surface area contributed by atoms with Crippen LogP contribution in [0.1, 0.15) is 40.5 Å². The number of hydrogen-bond acceptors (Lipinski definition) is 2. The average molecular weight is 241 g/mol. The van der Waals surface area contributed by atoms with Gasteiger partial charge in [0.05, 0.1) is 5.41 Å². The lowest BCUT2D eigenvalue weighted by atomic mass is 9.87. The number of piperidine rings is 1. The summed E-state index contributed by atoms with van der Waals surface area (Å²) in [5.41, 5.74) is -0.971. The molecule has 1 saturated heterocycles. The summed E-state index contributed by atoms with van der Waals surface area (Å²) in [5.74, 6) is 0.0750. The maximum absolute atomic E-state index is 12.1. The Bertz CT molecular complexity index is 302. The summed E-state index contributed by atoms with van der Waals surface area (Å²) in [6.07, 6.45) is 1.23. The topological polar surface area (TPSA) is 57.6 Å². The van der Waals surface area contributed by atoms with Crippen molar-refractivity contribution in [3.63, 3.8) is 0 Å². The molecule has 0 bridgehead atoms. The van der Waals surface area contributed by atoms with Gasteiger partial charge < -0.3 is 10.0 Å². The molecule has 2 unspecified atom stereocenters. The third-order valence-electron chi connectivity index (χ3n) is 3.39. The van der Waals surface area contributed by atoms with E-state index in [0.717, 1.165) is 19.5 Å². The fourth-order valence-corrected chi connectivity index (χ4v) is 2.43. The third-order valence-corrected chi connectivity index (χ3v) is 3.39. The van der Waals surface area contributed by atoms with Crippen LogP contribution in [-0.4, -0.2) is 35.0 Å².